The normalized spacial score (nSPS) is 10.2. The summed E-state index contributed by atoms with van der Waals surface area (Å²) in [6.45, 7) is 0. The van der Waals surface area contributed by atoms with E-state index in [1.165, 1.54) is 18.2 Å². The number of anilines is 1. The minimum absolute atomic E-state index is 0.0960. The van der Waals surface area contributed by atoms with Crippen LogP contribution in [0, 0.1) is 13.7 Å². The van der Waals surface area contributed by atoms with Gasteiger partial charge < -0.3 is 5.32 Å². The van der Waals surface area contributed by atoms with Gasteiger partial charge in [0, 0.05) is 15.2 Å². The number of amides is 1. The molecule has 108 valence electrons. The number of hydrogen-bond donors (Lipinski definition) is 1. The minimum Gasteiger partial charge on any atom is -0.321 e. The van der Waals surface area contributed by atoms with Gasteiger partial charge in [0.05, 0.1) is 15.6 Å². The van der Waals surface area contributed by atoms with Crippen molar-refractivity contribution in [3.05, 3.63) is 65.7 Å². The van der Waals surface area contributed by atoms with Crippen LogP contribution in [0.4, 0.5) is 11.4 Å². The highest BCUT2D eigenvalue weighted by atomic mass is 127. The quantitative estimate of drug-likeness (QED) is 0.428. The van der Waals surface area contributed by atoms with Gasteiger partial charge >= 0.3 is 0 Å². The Bertz CT molecular complexity index is 737. The maximum absolute atomic E-state index is 12.1. The van der Waals surface area contributed by atoms with Gasteiger partial charge in [-0.05, 0) is 52.9 Å². The Morgan fingerprint density at radius 2 is 1.86 bits per heavy atom. The summed E-state index contributed by atoms with van der Waals surface area (Å²) in [6.07, 6.45) is 0. The third kappa shape index (κ3) is 3.84. The highest BCUT2D eigenvalue weighted by Crippen LogP contribution is 2.27. The van der Waals surface area contributed by atoms with Crippen LogP contribution in [0.2, 0.25) is 10.0 Å². The summed E-state index contributed by atoms with van der Waals surface area (Å²) in [5.74, 6) is -0.449. The topological polar surface area (TPSA) is 72.2 Å². The van der Waals surface area contributed by atoms with Crippen LogP contribution in [0.5, 0.6) is 0 Å². The molecule has 2 rings (SSSR count). The fourth-order valence-corrected chi connectivity index (χ4v) is 2.73. The van der Waals surface area contributed by atoms with Crippen molar-refractivity contribution in [2.24, 2.45) is 0 Å². The first-order valence-corrected chi connectivity index (χ1v) is 7.42. The van der Waals surface area contributed by atoms with E-state index in [0.717, 1.165) is 3.57 Å². The third-order valence-electron chi connectivity index (χ3n) is 2.59. The summed E-state index contributed by atoms with van der Waals surface area (Å²) >= 11 is 13.9. The Kier molecular flexibility index (Phi) is 5.02. The summed E-state index contributed by atoms with van der Waals surface area (Å²) in [6, 6.07) is 8.95. The van der Waals surface area contributed by atoms with Crippen molar-refractivity contribution in [1.82, 2.24) is 0 Å². The number of benzene rings is 2. The molecule has 5 nitrogen and oxygen atoms in total. The van der Waals surface area contributed by atoms with E-state index in [4.69, 9.17) is 23.2 Å². The second-order valence-corrected chi connectivity index (χ2v) is 6.06. The van der Waals surface area contributed by atoms with Gasteiger partial charge in [0.15, 0.2) is 0 Å². The third-order valence-corrected chi connectivity index (χ3v) is 3.87. The van der Waals surface area contributed by atoms with Gasteiger partial charge in [-0.15, -0.1) is 0 Å². The molecule has 0 bridgehead atoms. The van der Waals surface area contributed by atoms with Gasteiger partial charge in [-0.2, -0.15) is 0 Å². The molecule has 8 heteroatoms. The predicted octanol–water partition coefficient (Wildman–Crippen LogP) is 4.76. The molecule has 0 fully saturated rings. The Morgan fingerprint density at radius 1 is 1.14 bits per heavy atom. The Balaban J connectivity index is 2.24. The molecule has 0 heterocycles. The van der Waals surface area contributed by atoms with Crippen molar-refractivity contribution in [2.75, 3.05) is 5.32 Å². The van der Waals surface area contributed by atoms with Crippen LogP contribution in [-0.2, 0) is 0 Å². The largest absolute Gasteiger partial charge is 0.321 e. The molecule has 0 aliphatic carbocycles. The minimum atomic E-state index is -0.611. The lowest BCUT2D eigenvalue weighted by Crippen LogP contribution is -2.12. The molecule has 0 aliphatic heterocycles. The molecule has 1 amide bonds. The molecule has 0 unspecified atom stereocenters. The van der Waals surface area contributed by atoms with Crippen molar-refractivity contribution in [1.29, 1.82) is 0 Å². The van der Waals surface area contributed by atoms with E-state index in [-0.39, 0.29) is 16.3 Å². The summed E-state index contributed by atoms with van der Waals surface area (Å²) in [4.78, 5) is 22.1. The van der Waals surface area contributed by atoms with Gasteiger partial charge in [-0.3, -0.25) is 14.9 Å². The highest BCUT2D eigenvalue weighted by Gasteiger charge is 2.16. The lowest BCUT2D eigenvalue weighted by molar-refractivity contribution is -0.384. The molecule has 0 spiro atoms. The molecular weight excluding hydrogens is 430 g/mol. The van der Waals surface area contributed by atoms with Crippen LogP contribution < -0.4 is 5.32 Å². The highest BCUT2D eigenvalue weighted by molar-refractivity contribution is 14.1. The number of nitro groups is 1. The second kappa shape index (κ2) is 6.59. The number of carbonyl (C=O) groups is 1. The summed E-state index contributed by atoms with van der Waals surface area (Å²) < 4.78 is 0.939. The van der Waals surface area contributed by atoms with Crippen molar-refractivity contribution >= 4 is 63.1 Å². The van der Waals surface area contributed by atoms with E-state index < -0.39 is 10.8 Å². The Morgan fingerprint density at radius 3 is 2.43 bits per heavy atom. The molecule has 0 radical (unpaired) electrons. The molecular formula is C13H7Cl2IN2O3. The first-order valence-electron chi connectivity index (χ1n) is 5.59. The van der Waals surface area contributed by atoms with Crippen LogP contribution in [-0.4, -0.2) is 10.8 Å². The monoisotopic (exact) mass is 436 g/mol. The fourth-order valence-electron chi connectivity index (χ4n) is 1.58. The van der Waals surface area contributed by atoms with Gasteiger partial charge in [0.1, 0.15) is 5.02 Å². The second-order valence-electron chi connectivity index (χ2n) is 4.00. The smallest absolute Gasteiger partial charge is 0.287 e. The van der Waals surface area contributed by atoms with Crippen LogP contribution >= 0.6 is 45.8 Å². The van der Waals surface area contributed by atoms with Crippen molar-refractivity contribution < 1.29 is 9.72 Å². The zero-order valence-corrected chi connectivity index (χ0v) is 13.9. The SMILES string of the molecule is O=C(Nc1ccc(I)cc1Cl)c1ccc([N+](=O)[O-])c(Cl)c1. The standard InChI is InChI=1S/C13H7Cl2IN2O3/c14-9-6-8(16)2-3-11(9)17-13(19)7-1-4-12(18(20)21)10(15)5-7/h1-6H,(H,17,19). The predicted molar refractivity (Wildman–Crippen MR) is 90.2 cm³/mol. The number of hydrogen-bond acceptors (Lipinski definition) is 3. The molecule has 0 aromatic heterocycles. The van der Waals surface area contributed by atoms with Crippen molar-refractivity contribution in [3.8, 4) is 0 Å². The van der Waals surface area contributed by atoms with Crippen LogP contribution in [0.1, 0.15) is 10.4 Å². The van der Waals surface area contributed by atoms with Crippen LogP contribution in [0.15, 0.2) is 36.4 Å². The van der Waals surface area contributed by atoms with Gasteiger partial charge in [-0.25, -0.2) is 0 Å². The zero-order chi connectivity index (χ0) is 15.6. The maximum Gasteiger partial charge on any atom is 0.287 e. The van der Waals surface area contributed by atoms with E-state index in [1.54, 1.807) is 18.2 Å². The van der Waals surface area contributed by atoms with E-state index in [2.05, 4.69) is 27.9 Å². The van der Waals surface area contributed by atoms with E-state index in [1.807, 2.05) is 0 Å². The van der Waals surface area contributed by atoms with Crippen LogP contribution in [0.3, 0.4) is 0 Å². The summed E-state index contributed by atoms with van der Waals surface area (Å²) in [5, 5.41) is 13.6. The van der Waals surface area contributed by atoms with Crippen molar-refractivity contribution in [3.63, 3.8) is 0 Å². The zero-order valence-electron chi connectivity index (χ0n) is 10.3. The van der Waals surface area contributed by atoms with E-state index >= 15 is 0 Å². The Labute approximate surface area is 143 Å². The molecule has 0 saturated carbocycles. The molecule has 21 heavy (non-hydrogen) atoms. The van der Waals surface area contributed by atoms with Gasteiger partial charge in [-0.1, -0.05) is 23.2 Å². The molecule has 1 N–H and O–H groups in total. The number of halogens is 3. The lowest BCUT2D eigenvalue weighted by atomic mass is 10.2. The average molecular weight is 437 g/mol. The van der Waals surface area contributed by atoms with Crippen LogP contribution in [0.25, 0.3) is 0 Å². The maximum atomic E-state index is 12.1. The molecule has 2 aromatic carbocycles. The van der Waals surface area contributed by atoms with E-state index in [9.17, 15) is 14.9 Å². The number of carbonyl (C=O) groups excluding carboxylic acids is 1. The first-order chi connectivity index (χ1) is 9.88. The molecule has 0 saturated heterocycles. The lowest BCUT2D eigenvalue weighted by Gasteiger charge is -2.08. The first kappa shape index (κ1) is 16.0. The van der Waals surface area contributed by atoms with E-state index in [0.29, 0.717) is 10.7 Å². The fraction of sp³-hybridized carbons (Fsp3) is 0. The summed E-state index contributed by atoms with van der Waals surface area (Å²) in [5.41, 5.74) is 0.414. The molecule has 2 aromatic rings. The molecule has 0 aliphatic rings. The number of rotatable bonds is 3. The average Bonchev–Trinajstić information content (AvgIpc) is 2.41. The van der Waals surface area contributed by atoms with Gasteiger partial charge in [0.2, 0.25) is 0 Å². The number of nitro benzene ring substituents is 1. The van der Waals surface area contributed by atoms with Gasteiger partial charge in [0.25, 0.3) is 11.6 Å². The number of nitrogens with one attached hydrogen (secondary N) is 1. The molecule has 0 atom stereocenters. The van der Waals surface area contributed by atoms with Crippen molar-refractivity contribution in [2.45, 2.75) is 0 Å². The number of nitrogens with zero attached hydrogens (tertiary/aromatic N) is 1. The Hall–Kier alpha value is -1.38. The summed E-state index contributed by atoms with van der Waals surface area (Å²) in [7, 11) is 0.